The SMILES string of the molecule is CC(Oc1ccc2ccccc2c1)C(=O)NNC(=S)NC(=O)C1CC1. The second-order valence-electron chi connectivity index (χ2n) is 5.98. The van der Waals surface area contributed by atoms with Gasteiger partial charge in [0.05, 0.1) is 0 Å². The number of amides is 2. The van der Waals surface area contributed by atoms with Gasteiger partial charge >= 0.3 is 0 Å². The van der Waals surface area contributed by atoms with Crippen LogP contribution >= 0.6 is 12.2 Å². The van der Waals surface area contributed by atoms with Gasteiger partial charge in [0.15, 0.2) is 11.2 Å². The molecule has 0 aliphatic heterocycles. The Balaban J connectivity index is 1.49. The normalized spacial score (nSPS) is 14.4. The minimum absolute atomic E-state index is 0.0469. The molecule has 0 saturated heterocycles. The van der Waals surface area contributed by atoms with Gasteiger partial charge in [-0.25, -0.2) is 0 Å². The predicted octanol–water partition coefficient (Wildman–Crippen LogP) is 2.04. The smallest absolute Gasteiger partial charge is 0.279 e. The van der Waals surface area contributed by atoms with Gasteiger partial charge in [-0.05, 0) is 54.9 Å². The van der Waals surface area contributed by atoms with Crippen molar-refractivity contribution in [2.75, 3.05) is 0 Å². The van der Waals surface area contributed by atoms with Gasteiger partial charge in [0.25, 0.3) is 5.91 Å². The van der Waals surface area contributed by atoms with Crippen molar-refractivity contribution in [2.45, 2.75) is 25.9 Å². The van der Waals surface area contributed by atoms with Crippen LogP contribution in [0.1, 0.15) is 19.8 Å². The molecule has 2 aromatic carbocycles. The molecule has 1 atom stereocenters. The molecule has 1 saturated carbocycles. The summed E-state index contributed by atoms with van der Waals surface area (Å²) < 4.78 is 5.66. The minimum atomic E-state index is -0.726. The van der Waals surface area contributed by atoms with E-state index in [2.05, 4.69) is 16.2 Å². The number of hydrogen-bond donors (Lipinski definition) is 3. The molecule has 2 amide bonds. The first-order chi connectivity index (χ1) is 12.0. The fourth-order valence-corrected chi connectivity index (χ4v) is 2.46. The van der Waals surface area contributed by atoms with E-state index in [1.165, 1.54) is 0 Å². The monoisotopic (exact) mass is 357 g/mol. The number of ether oxygens (including phenoxy) is 1. The van der Waals surface area contributed by atoms with Gasteiger partial charge in [-0.1, -0.05) is 30.3 Å². The fourth-order valence-electron chi connectivity index (χ4n) is 2.31. The molecule has 0 aromatic heterocycles. The second-order valence-corrected chi connectivity index (χ2v) is 6.38. The van der Waals surface area contributed by atoms with E-state index in [0.717, 1.165) is 23.6 Å². The number of hydrogen-bond acceptors (Lipinski definition) is 4. The lowest BCUT2D eigenvalue weighted by atomic mass is 10.1. The second kappa shape index (κ2) is 7.48. The van der Waals surface area contributed by atoms with E-state index >= 15 is 0 Å². The largest absolute Gasteiger partial charge is 0.481 e. The van der Waals surface area contributed by atoms with Crippen molar-refractivity contribution in [3.63, 3.8) is 0 Å². The number of carbonyl (C=O) groups is 2. The third-order valence-corrected chi connectivity index (χ3v) is 4.09. The first-order valence-corrected chi connectivity index (χ1v) is 8.50. The zero-order valence-electron chi connectivity index (χ0n) is 13.7. The van der Waals surface area contributed by atoms with Gasteiger partial charge in [-0.3, -0.25) is 20.4 Å². The number of thiocarbonyl (C=S) groups is 1. The molecule has 3 rings (SSSR count). The highest BCUT2D eigenvalue weighted by Crippen LogP contribution is 2.28. The van der Waals surface area contributed by atoms with E-state index < -0.39 is 12.0 Å². The molecule has 0 radical (unpaired) electrons. The van der Waals surface area contributed by atoms with Crippen molar-refractivity contribution in [3.8, 4) is 5.75 Å². The zero-order chi connectivity index (χ0) is 17.8. The van der Waals surface area contributed by atoms with Crippen LogP contribution in [0, 0.1) is 5.92 Å². The van der Waals surface area contributed by atoms with Gasteiger partial charge in [0.1, 0.15) is 5.75 Å². The molecule has 1 aliphatic carbocycles. The van der Waals surface area contributed by atoms with Crippen molar-refractivity contribution in [1.82, 2.24) is 16.2 Å². The van der Waals surface area contributed by atoms with Crippen LogP contribution in [0.15, 0.2) is 42.5 Å². The maximum atomic E-state index is 12.1. The van der Waals surface area contributed by atoms with Gasteiger partial charge in [-0.15, -0.1) is 0 Å². The third-order valence-electron chi connectivity index (χ3n) is 3.89. The molecule has 25 heavy (non-hydrogen) atoms. The number of rotatable bonds is 4. The summed E-state index contributed by atoms with van der Waals surface area (Å²) in [5, 5.41) is 4.74. The molecule has 0 heterocycles. The summed E-state index contributed by atoms with van der Waals surface area (Å²) in [4.78, 5) is 23.6. The number of carbonyl (C=O) groups excluding carboxylic acids is 2. The molecule has 1 fully saturated rings. The molecule has 1 aliphatic rings. The van der Waals surface area contributed by atoms with Gasteiger partial charge in [0, 0.05) is 5.92 Å². The number of benzene rings is 2. The summed E-state index contributed by atoms with van der Waals surface area (Å²) in [5.74, 6) is 0.139. The minimum Gasteiger partial charge on any atom is -0.481 e. The maximum absolute atomic E-state index is 12.1. The Hall–Kier alpha value is -2.67. The molecule has 6 nitrogen and oxygen atoms in total. The molecule has 3 N–H and O–H groups in total. The zero-order valence-corrected chi connectivity index (χ0v) is 14.6. The predicted molar refractivity (Wildman–Crippen MR) is 98.8 cm³/mol. The van der Waals surface area contributed by atoms with Crippen molar-refractivity contribution < 1.29 is 14.3 Å². The fraction of sp³-hybridized carbons (Fsp3) is 0.278. The topological polar surface area (TPSA) is 79.5 Å². The number of fused-ring (bicyclic) bond motifs is 1. The lowest BCUT2D eigenvalue weighted by molar-refractivity contribution is -0.128. The molecular weight excluding hydrogens is 338 g/mol. The van der Waals surface area contributed by atoms with Crippen LogP contribution in [-0.4, -0.2) is 23.0 Å². The Morgan fingerprint density at radius 1 is 1.12 bits per heavy atom. The number of nitrogens with one attached hydrogen (secondary N) is 3. The molecule has 2 aromatic rings. The summed E-state index contributed by atoms with van der Waals surface area (Å²) in [6.45, 7) is 1.64. The van der Waals surface area contributed by atoms with Gasteiger partial charge < -0.3 is 10.1 Å². The van der Waals surface area contributed by atoms with Crippen LogP contribution in [0.2, 0.25) is 0 Å². The van der Waals surface area contributed by atoms with Crippen LogP contribution in [0.3, 0.4) is 0 Å². The Morgan fingerprint density at radius 3 is 2.56 bits per heavy atom. The molecule has 0 bridgehead atoms. The van der Waals surface area contributed by atoms with E-state index in [0.29, 0.717) is 5.75 Å². The molecule has 130 valence electrons. The van der Waals surface area contributed by atoms with Crippen LogP contribution in [0.25, 0.3) is 10.8 Å². The quantitative estimate of drug-likeness (QED) is 0.576. The summed E-state index contributed by atoms with van der Waals surface area (Å²) in [6, 6.07) is 13.5. The highest BCUT2D eigenvalue weighted by molar-refractivity contribution is 7.80. The maximum Gasteiger partial charge on any atom is 0.279 e. The highest BCUT2D eigenvalue weighted by atomic mass is 32.1. The van der Waals surface area contributed by atoms with E-state index in [1.54, 1.807) is 6.92 Å². The highest BCUT2D eigenvalue weighted by Gasteiger charge is 2.30. The summed E-state index contributed by atoms with van der Waals surface area (Å²) in [7, 11) is 0. The Labute approximate surface area is 150 Å². The van der Waals surface area contributed by atoms with Crippen molar-refractivity contribution in [3.05, 3.63) is 42.5 Å². The van der Waals surface area contributed by atoms with E-state index in [-0.39, 0.29) is 16.9 Å². The summed E-state index contributed by atoms with van der Waals surface area (Å²) in [6.07, 6.45) is 1.05. The molecule has 1 unspecified atom stereocenters. The lowest BCUT2D eigenvalue weighted by Crippen LogP contribution is -2.51. The summed E-state index contributed by atoms with van der Waals surface area (Å²) >= 11 is 4.97. The van der Waals surface area contributed by atoms with Crippen LogP contribution in [0.5, 0.6) is 5.75 Å². The number of hydrazine groups is 1. The molecular formula is C18H19N3O3S. The van der Waals surface area contributed by atoms with E-state index in [1.807, 2.05) is 42.5 Å². The third kappa shape index (κ3) is 4.67. The van der Waals surface area contributed by atoms with Crippen LogP contribution in [-0.2, 0) is 9.59 Å². The van der Waals surface area contributed by atoms with Crippen LogP contribution < -0.4 is 20.9 Å². The molecule has 7 heteroatoms. The average molecular weight is 357 g/mol. The van der Waals surface area contributed by atoms with Crippen molar-refractivity contribution in [1.29, 1.82) is 0 Å². The van der Waals surface area contributed by atoms with Gasteiger partial charge in [-0.2, -0.15) is 0 Å². The van der Waals surface area contributed by atoms with Gasteiger partial charge in [0.2, 0.25) is 5.91 Å². The average Bonchev–Trinajstić information content (AvgIpc) is 3.44. The van der Waals surface area contributed by atoms with Crippen molar-refractivity contribution >= 4 is 39.9 Å². The van der Waals surface area contributed by atoms with Crippen molar-refractivity contribution in [2.24, 2.45) is 5.92 Å². The van der Waals surface area contributed by atoms with Crippen LogP contribution in [0.4, 0.5) is 0 Å². The first-order valence-electron chi connectivity index (χ1n) is 8.09. The lowest BCUT2D eigenvalue weighted by Gasteiger charge is -2.16. The standard InChI is InChI=1S/C18H19N3O3S/c1-11(16(22)20-21-18(25)19-17(23)13-6-7-13)24-15-9-8-12-4-2-3-5-14(12)10-15/h2-5,8-11,13H,6-7H2,1H3,(H,20,22)(H2,19,21,23,25). The summed E-state index contributed by atoms with van der Waals surface area (Å²) in [5.41, 5.74) is 4.95. The Bertz CT molecular complexity index is 820. The first kappa shape index (κ1) is 17.2. The molecule has 0 spiro atoms. The Kier molecular flexibility index (Phi) is 5.14. The van der Waals surface area contributed by atoms with E-state index in [4.69, 9.17) is 17.0 Å². The Morgan fingerprint density at radius 2 is 1.84 bits per heavy atom. The van der Waals surface area contributed by atoms with E-state index in [9.17, 15) is 9.59 Å².